The van der Waals surface area contributed by atoms with Crippen molar-refractivity contribution in [1.29, 1.82) is 0 Å². The lowest BCUT2D eigenvalue weighted by Crippen LogP contribution is -2.38. The highest BCUT2D eigenvalue weighted by Crippen LogP contribution is 2.27. The number of hydrogen-bond acceptors (Lipinski definition) is 3. The minimum Gasteiger partial charge on any atom is -0.341 e. The SMILES string of the molecule is Cl.Cl.Cn1c(C(NC(=O)CNCC2CC2)c2ccccc2)nc2ccccc21. The topological polar surface area (TPSA) is 59.0 Å². The van der Waals surface area contributed by atoms with E-state index in [9.17, 15) is 4.79 Å². The Hall–Kier alpha value is -2.08. The Kier molecular flexibility index (Phi) is 7.87. The molecule has 1 fully saturated rings. The normalized spacial score (nSPS) is 14.0. The van der Waals surface area contributed by atoms with Gasteiger partial charge in [0.25, 0.3) is 0 Å². The summed E-state index contributed by atoms with van der Waals surface area (Å²) in [6, 6.07) is 17.8. The standard InChI is InChI=1S/C21H24N4O.2ClH/c1-25-18-10-6-5-9-17(18)23-21(25)20(16-7-3-2-4-8-16)24-19(26)14-22-13-15-11-12-15;;/h2-10,15,20,22H,11-14H2,1H3,(H,24,26);2*1H. The number of hydrogen-bond donors (Lipinski definition) is 2. The monoisotopic (exact) mass is 420 g/mol. The lowest BCUT2D eigenvalue weighted by atomic mass is 10.1. The predicted molar refractivity (Wildman–Crippen MR) is 117 cm³/mol. The van der Waals surface area contributed by atoms with E-state index in [2.05, 4.69) is 15.2 Å². The molecule has 1 unspecified atom stereocenters. The van der Waals surface area contributed by atoms with Gasteiger partial charge >= 0.3 is 0 Å². The van der Waals surface area contributed by atoms with Gasteiger partial charge in [-0.2, -0.15) is 0 Å². The third-order valence-corrected chi connectivity index (χ3v) is 4.93. The maximum absolute atomic E-state index is 12.5. The number of rotatable bonds is 7. The first kappa shape index (κ1) is 22.2. The fraction of sp³-hybridized carbons (Fsp3) is 0.333. The number of aromatic nitrogens is 2. The number of halogens is 2. The molecular formula is C21H26Cl2N4O. The number of aryl methyl sites for hydroxylation is 1. The highest BCUT2D eigenvalue weighted by molar-refractivity contribution is 5.85. The van der Waals surface area contributed by atoms with Gasteiger partial charge in [-0.25, -0.2) is 4.98 Å². The number of amides is 1. The van der Waals surface area contributed by atoms with Crippen LogP contribution in [0.4, 0.5) is 0 Å². The smallest absolute Gasteiger partial charge is 0.234 e. The molecule has 0 radical (unpaired) electrons. The van der Waals surface area contributed by atoms with Crippen LogP contribution in [0.5, 0.6) is 0 Å². The summed E-state index contributed by atoms with van der Waals surface area (Å²) < 4.78 is 2.06. The number of nitrogens with zero attached hydrogens (tertiary/aromatic N) is 2. The summed E-state index contributed by atoms with van der Waals surface area (Å²) in [4.78, 5) is 17.3. The van der Waals surface area contributed by atoms with Gasteiger partial charge in [-0.15, -0.1) is 24.8 Å². The molecule has 2 N–H and O–H groups in total. The van der Waals surface area contributed by atoms with Crippen molar-refractivity contribution in [3.63, 3.8) is 0 Å². The average molecular weight is 421 g/mol. The molecule has 0 spiro atoms. The van der Waals surface area contributed by atoms with E-state index < -0.39 is 0 Å². The van der Waals surface area contributed by atoms with Crippen molar-refractivity contribution < 1.29 is 4.79 Å². The molecule has 3 aromatic rings. The second-order valence-electron chi connectivity index (χ2n) is 7.00. The van der Waals surface area contributed by atoms with Crippen LogP contribution in [0.3, 0.4) is 0 Å². The minimum atomic E-state index is -0.274. The number of benzene rings is 2. The fourth-order valence-corrected chi connectivity index (χ4v) is 3.29. The van der Waals surface area contributed by atoms with Crippen LogP contribution in [-0.2, 0) is 11.8 Å². The van der Waals surface area contributed by atoms with Gasteiger partial charge < -0.3 is 15.2 Å². The van der Waals surface area contributed by atoms with E-state index in [1.807, 2.05) is 61.6 Å². The van der Waals surface area contributed by atoms with E-state index in [1.165, 1.54) is 12.8 Å². The van der Waals surface area contributed by atoms with Gasteiger partial charge in [0.15, 0.2) is 0 Å². The molecule has 2 aromatic carbocycles. The van der Waals surface area contributed by atoms with Crippen LogP contribution in [0.1, 0.15) is 30.3 Å². The Morgan fingerprint density at radius 1 is 1.11 bits per heavy atom. The number of carbonyl (C=O) groups excluding carboxylic acids is 1. The maximum Gasteiger partial charge on any atom is 0.234 e. The van der Waals surface area contributed by atoms with E-state index in [1.54, 1.807) is 0 Å². The highest BCUT2D eigenvalue weighted by atomic mass is 35.5. The highest BCUT2D eigenvalue weighted by Gasteiger charge is 2.24. The number of para-hydroxylation sites is 2. The van der Waals surface area contributed by atoms with E-state index in [0.717, 1.165) is 34.9 Å². The van der Waals surface area contributed by atoms with Gasteiger partial charge in [-0.3, -0.25) is 4.79 Å². The third-order valence-electron chi connectivity index (χ3n) is 4.93. The first-order valence-corrected chi connectivity index (χ1v) is 9.19. The number of imidazole rings is 1. The zero-order chi connectivity index (χ0) is 17.9. The van der Waals surface area contributed by atoms with Gasteiger partial charge in [-0.05, 0) is 43.0 Å². The molecule has 5 nitrogen and oxygen atoms in total. The molecule has 1 amide bonds. The third kappa shape index (κ3) is 5.04. The predicted octanol–water partition coefficient (Wildman–Crippen LogP) is 3.62. The summed E-state index contributed by atoms with van der Waals surface area (Å²) in [5, 5.41) is 6.42. The van der Waals surface area contributed by atoms with Crippen molar-refractivity contribution in [2.75, 3.05) is 13.1 Å². The molecule has 1 aromatic heterocycles. The van der Waals surface area contributed by atoms with Crippen LogP contribution in [0, 0.1) is 5.92 Å². The summed E-state index contributed by atoms with van der Waals surface area (Å²) in [6.45, 7) is 1.26. The molecule has 1 atom stereocenters. The van der Waals surface area contributed by atoms with Crippen LogP contribution in [0.2, 0.25) is 0 Å². The second-order valence-corrected chi connectivity index (χ2v) is 7.00. The number of fused-ring (bicyclic) bond motifs is 1. The van der Waals surface area contributed by atoms with E-state index >= 15 is 0 Å². The molecule has 1 saturated carbocycles. The molecule has 1 aliphatic rings. The van der Waals surface area contributed by atoms with Gasteiger partial charge in [0.1, 0.15) is 11.9 Å². The largest absolute Gasteiger partial charge is 0.341 e. The molecule has 0 bridgehead atoms. The van der Waals surface area contributed by atoms with Crippen molar-refractivity contribution in [3.8, 4) is 0 Å². The van der Waals surface area contributed by atoms with Crippen LogP contribution in [0.25, 0.3) is 11.0 Å². The molecule has 0 saturated heterocycles. The minimum absolute atomic E-state index is 0. The van der Waals surface area contributed by atoms with Crippen LogP contribution in [0.15, 0.2) is 54.6 Å². The van der Waals surface area contributed by atoms with Crippen LogP contribution in [-0.4, -0.2) is 28.5 Å². The zero-order valence-electron chi connectivity index (χ0n) is 15.8. The number of nitrogens with one attached hydrogen (secondary N) is 2. The van der Waals surface area contributed by atoms with Crippen molar-refractivity contribution >= 4 is 41.8 Å². The second kappa shape index (κ2) is 9.92. The quantitative estimate of drug-likeness (QED) is 0.613. The van der Waals surface area contributed by atoms with Gasteiger partial charge in [0.05, 0.1) is 17.6 Å². The molecule has 1 heterocycles. The number of carbonyl (C=O) groups is 1. The van der Waals surface area contributed by atoms with Gasteiger partial charge in [0, 0.05) is 7.05 Å². The summed E-state index contributed by atoms with van der Waals surface area (Å²) >= 11 is 0. The fourth-order valence-electron chi connectivity index (χ4n) is 3.29. The Balaban J connectivity index is 0.00000140. The Bertz CT molecular complexity index is 909. The average Bonchev–Trinajstić information content (AvgIpc) is 3.43. The lowest BCUT2D eigenvalue weighted by Gasteiger charge is -2.19. The maximum atomic E-state index is 12.5. The van der Waals surface area contributed by atoms with Crippen molar-refractivity contribution in [2.24, 2.45) is 13.0 Å². The summed E-state index contributed by atoms with van der Waals surface area (Å²) in [6.07, 6.45) is 2.56. The Labute approximate surface area is 177 Å². The summed E-state index contributed by atoms with van der Waals surface area (Å²) in [5.41, 5.74) is 3.03. The molecule has 150 valence electrons. The van der Waals surface area contributed by atoms with Gasteiger partial charge in [-0.1, -0.05) is 42.5 Å². The first-order chi connectivity index (χ1) is 12.7. The molecular weight excluding hydrogens is 395 g/mol. The molecule has 0 aliphatic heterocycles. The van der Waals surface area contributed by atoms with Crippen molar-refractivity contribution in [1.82, 2.24) is 20.2 Å². The van der Waals surface area contributed by atoms with E-state index in [0.29, 0.717) is 6.54 Å². The Morgan fingerprint density at radius 2 is 1.79 bits per heavy atom. The van der Waals surface area contributed by atoms with Crippen LogP contribution >= 0.6 is 24.8 Å². The van der Waals surface area contributed by atoms with E-state index in [-0.39, 0.29) is 36.8 Å². The van der Waals surface area contributed by atoms with E-state index in [4.69, 9.17) is 4.98 Å². The first-order valence-electron chi connectivity index (χ1n) is 9.19. The summed E-state index contributed by atoms with van der Waals surface area (Å²) in [7, 11) is 2.00. The lowest BCUT2D eigenvalue weighted by molar-refractivity contribution is -0.120. The molecule has 28 heavy (non-hydrogen) atoms. The van der Waals surface area contributed by atoms with Crippen LogP contribution < -0.4 is 10.6 Å². The Morgan fingerprint density at radius 3 is 2.46 bits per heavy atom. The van der Waals surface area contributed by atoms with Crippen molar-refractivity contribution in [2.45, 2.75) is 18.9 Å². The van der Waals surface area contributed by atoms with Gasteiger partial charge in [0.2, 0.25) is 5.91 Å². The molecule has 1 aliphatic carbocycles. The molecule has 7 heteroatoms. The summed E-state index contributed by atoms with van der Waals surface area (Å²) in [5.74, 6) is 1.59. The molecule has 4 rings (SSSR count). The zero-order valence-corrected chi connectivity index (χ0v) is 17.4. The van der Waals surface area contributed by atoms with Crippen molar-refractivity contribution in [3.05, 3.63) is 66.0 Å².